The SMILES string of the molecule is CC[C@@H]1OC(=O)[C@H](C)[C@H](O[C@@H]2C[C@@](C)(OC)[C@@H](O)[C@H](C)O2)[C@H](C)[C@@H](O[C@@H]2O[C@H](C)C[C@H](N(C)C)[C@@H]2O)[C@@](C)(O)C[C@H](C)C(=O)[C@@H](C)[C@@H](O)[C@]1(C)O. The van der Waals surface area contributed by atoms with Gasteiger partial charge >= 0.3 is 5.97 Å². The van der Waals surface area contributed by atoms with Gasteiger partial charge in [0.15, 0.2) is 12.6 Å². The van der Waals surface area contributed by atoms with Gasteiger partial charge in [0.25, 0.3) is 0 Å². The molecule has 0 bridgehead atoms. The number of ether oxygens (including phenoxy) is 6. The van der Waals surface area contributed by atoms with E-state index >= 15 is 0 Å². The van der Waals surface area contributed by atoms with Crippen molar-refractivity contribution in [1.29, 1.82) is 0 Å². The second-order valence-corrected chi connectivity index (χ2v) is 16.5. The zero-order valence-corrected chi connectivity index (χ0v) is 32.9. The number of likely N-dealkylation sites (N-methyl/N-ethyl adjacent to an activating group) is 1. The fourth-order valence-electron chi connectivity index (χ4n) is 8.41. The molecule has 3 aliphatic heterocycles. The van der Waals surface area contributed by atoms with Crippen molar-refractivity contribution in [3.8, 4) is 0 Å². The number of nitrogens with zero attached hydrogens (tertiary/aromatic N) is 1. The first-order chi connectivity index (χ1) is 23.4. The number of esters is 1. The van der Waals surface area contributed by atoms with Gasteiger partial charge in [-0.05, 0) is 74.9 Å². The summed E-state index contributed by atoms with van der Waals surface area (Å²) in [4.78, 5) is 29.8. The number of aliphatic hydroxyl groups is 5. The van der Waals surface area contributed by atoms with Gasteiger partial charge in [0.2, 0.25) is 0 Å². The first-order valence-corrected chi connectivity index (χ1v) is 18.5. The molecule has 0 aromatic rings. The number of carbonyl (C=O) groups excluding carboxylic acids is 2. The highest BCUT2D eigenvalue weighted by Gasteiger charge is 2.53. The summed E-state index contributed by atoms with van der Waals surface area (Å²) in [7, 11) is 5.18. The lowest BCUT2D eigenvalue weighted by atomic mass is 9.74. The van der Waals surface area contributed by atoms with Crippen LogP contribution in [-0.2, 0) is 38.0 Å². The molecule has 51 heavy (non-hydrogen) atoms. The fourth-order valence-corrected chi connectivity index (χ4v) is 8.41. The summed E-state index contributed by atoms with van der Waals surface area (Å²) in [6.07, 6.45) is -9.71. The van der Waals surface area contributed by atoms with E-state index in [9.17, 15) is 35.1 Å². The lowest BCUT2D eigenvalue weighted by molar-refractivity contribution is -0.318. The van der Waals surface area contributed by atoms with E-state index in [1.54, 1.807) is 41.5 Å². The van der Waals surface area contributed by atoms with Crippen molar-refractivity contribution in [2.45, 2.75) is 179 Å². The summed E-state index contributed by atoms with van der Waals surface area (Å²) in [5, 5.41) is 57.6. The van der Waals surface area contributed by atoms with Crippen LogP contribution in [0.5, 0.6) is 0 Å². The van der Waals surface area contributed by atoms with Crippen LogP contribution in [0.2, 0.25) is 0 Å². The van der Waals surface area contributed by atoms with E-state index in [4.69, 9.17) is 28.4 Å². The summed E-state index contributed by atoms with van der Waals surface area (Å²) < 4.78 is 37.1. The molecule has 0 aromatic heterocycles. The maximum absolute atomic E-state index is 14.1. The predicted octanol–water partition coefficient (Wildman–Crippen LogP) is 1.79. The smallest absolute Gasteiger partial charge is 0.311 e. The van der Waals surface area contributed by atoms with Crippen molar-refractivity contribution < 1.29 is 63.5 Å². The third kappa shape index (κ3) is 9.51. The Hall–Kier alpha value is -1.30. The third-order valence-electron chi connectivity index (χ3n) is 11.8. The van der Waals surface area contributed by atoms with E-state index in [0.29, 0.717) is 6.42 Å². The highest BCUT2D eigenvalue weighted by Crippen LogP contribution is 2.40. The van der Waals surface area contributed by atoms with Gasteiger partial charge in [-0.2, -0.15) is 0 Å². The summed E-state index contributed by atoms with van der Waals surface area (Å²) in [5.41, 5.74) is -4.84. The standard InChI is InChI=1S/C37H67NO13/c1-14-25-37(10,45)30(41)20(4)27(39)18(2)16-35(8,44)32(51-34-28(40)24(38(11)12)15-19(3)47-34)21(5)29(22(6)33(43)49-25)50-26-17-36(9,46-13)31(42)23(7)48-26/h18-26,28-32,34,40-42,44-45H,14-17H2,1-13H3/t18-,19+,20+,21-,22+,23-,24-,25-,26+,28-,29+,30+,31-,32+,34-,35-,36+,37+/m0/s1. The Morgan fingerprint density at radius 1 is 0.882 bits per heavy atom. The molecule has 3 aliphatic rings. The lowest BCUT2D eigenvalue weighted by Crippen LogP contribution is -2.61. The van der Waals surface area contributed by atoms with Crippen molar-refractivity contribution in [3.05, 3.63) is 0 Å². The quantitative estimate of drug-likeness (QED) is 0.238. The molecule has 298 valence electrons. The van der Waals surface area contributed by atoms with Gasteiger partial charge in [-0.3, -0.25) is 9.59 Å². The van der Waals surface area contributed by atoms with Gasteiger partial charge in [0.05, 0.1) is 47.6 Å². The van der Waals surface area contributed by atoms with Gasteiger partial charge in [-0.25, -0.2) is 0 Å². The van der Waals surface area contributed by atoms with Crippen LogP contribution in [-0.4, -0.2) is 148 Å². The Labute approximate surface area is 304 Å². The lowest BCUT2D eigenvalue weighted by Gasteiger charge is -2.49. The van der Waals surface area contributed by atoms with E-state index in [1.807, 2.05) is 25.9 Å². The van der Waals surface area contributed by atoms with Crippen molar-refractivity contribution in [2.75, 3.05) is 21.2 Å². The van der Waals surface area contributed by atoms with Crippen molar-refractivity contribution in [2.24, 2.45) is 23.7 Å². The molecule has 0 aliphatic carbocycles. The summed E-state index contributed by atoms with van der Waals surface area (Å²) in [6, 6.07) is -0.324. The van der Waals surface area contributed by atoms with Gasteiger partial charge < -0.3 is 58.9 Å². The molecular weight excluding hydrogens is 666 g/mol. The van der Waals surface area contributed by atoms with Crippen LogP contribution in [0.1, 0.15) is 94.9 Å². The Kier molecular flexibility index (Phi) is 14.7. The zero-order chi connectivity index (χ0) is 39.0. The maximum Gasteiger partial charge on any atom is 0.311 e. The van der Waals surface area contributed by atoms with Crippen LogP contribution in [0, 0.1) is 23.7 Å². The number of hydrogen-bond donors (Lipinski definition) is 5. The molecule has 3 heterocycles. The average Bonchev–Trinajstić information content (AvgIpc) is 3.05. The molecule has 0 radical (unpaired) electrons. The molecule has 0 amide bonds. The van der Waals surface area contributed by atoms with E-state index in [-0.39, 0.29) is 31.4 Å². The monoisotopic (exact) mass is 733 g/mol. The van der Waals surface area contributed by atoms with Gasteiger partial charge in [-0.15, -0.1) is 0 Å². The third-order valence-corrected chi connectivity index (χ3v) is 11.8. The molecule has 3 rings (SSSR count). The Balaban J connectivity index is 2.18. The highest BCUT2D eigenvalue weighted by atomic mass is 16.7. The van der Waals surface area contributed by atoms with Gasteiger partial charge in [0.1, 0.15) is 29.7 Å². The molecule has 0 unspecified atom stereocenters. The molecule has 3 fully saturated rings. The minimum absolute atomic E-state index is 0.0936. The first-order valence-electron chi connectivity index (χ1n) is 18.5. The van der Waals surface area contributed by atoms with E-state index in [2.05, 4.69) is 0 Å². The Morgan fingerprint density at radius 2 is 1.49 bits per heavy atom. The van der Waals surface area contributed by atoms with E-state index in [1.165, 1.54) is 27.9 Å². The minimum atomic E-state index is -1.99. The van der Waals surface area contributed by atoms with Crippen molar-refractivity contribution >= 4 is 11.8 Å². The number of cyclic esters (lactones) is 1. The maximum atomic E-state index is 14.1. The number of hydrogen-bond acceptors (Lipinski definition) is 14. The molecular formula is C37H67NO13. The van der Waals surface area contributed by atoms with Crippen molar-refractivity contribution in [1.82, 2.24) is 4.90 Å². The molecule has 14 nitrogen and oxygen atoms in total. The second-order valence-electron chi connectivity index (χ2n) is 16.5. The first kappa shape index (κ1) is 44.1. The number of aliphatic hydroxyl groups excluding tert-OH is 3. The van der Waals surface area contributed by atoms with Gasteiger partial charge in [0, 0.05) is 37.3 Å². The molecule has 3 saturated heterocycles. The largest absolute Gasteiger partial charge is 0.459 e. The van der Waals surface area contributed by atoms with Crippen LogP contribution in [0.3, 0.4) is 0 Å². The summed E-state index contributed by atoms with van der Waals surface area (Å²) >= 11 is 0. The topological polar surface area (TPSA) is 194 Å². The normalized spacial score (nSPS) is 49.7. The number of Topliss-reactive ketones (excluding diaryl/α,β-unsaturated/α-hetero) is 1. The minimum Gasteiger partial charge on any atom is -0.459 e. The summed E-state index contributed by atoms with van der Waals surface area (Å²) in [6.45, 7) is 16.3. The molecule has 14 heteroatoms. The van der Waals surface area contributed by atoms with Crippen LogP contribution in [0.25, 0.3) is 0 Å². The molecule has 18 atom stereocenters. The number of ketones is 1. The fraction of sp³-hybridized carbons (Fsp3) is 0.946. The number of carbonyl (C=O) groups is 2. The van der Waals surface area contributed by atoms with Crippen LogP contribution >= 0.6 is 0 Å². The highest BCUT2D eigenvalue weighted by molar-refractivity contribution is 5.83. The number of rotatable bonds is 7. The van der Waals surface area contributed by atoms with Crippen molar-refractivity contribution in [3.63, 3.8) is 0 Å². The second kappa shape index (κ2) is 17.0. The van der Waals surface area contributed by atoms with Gasteiger partial charge in [-0.1, -0.05) is 27.7 Å². The van der Waals surface area contributed by atoms with Crippen LogP contribution in [0.15, 0.2) is 0 Å². The predicted molar refractivity (Wildman–Crippen MR) is 186 cm³/mol. The van der Waals surface area contributed by atoms with Crippen LogP contribution in [0.4, 0.5) is 0 Å². The van der Waals surface area contributed by atoms with E-state index in [0.717, 1.165) is 0 Å². The zero-order valence-electron chi connectivity index (χ0n) is 32.9. The molecule has 5 N–H and O–H groups in total. The Bertz CT molecular complexity index is 1170. The van der Waals surface area contributed by atoms with Crippen LogP contribution < -0.4 is 0 Å². The molecule has 0 aromatic carbocycles. The average molecular weight is 734 g/mol. The molecule has 0 saturated carbocycles. The van der Waals surface area contributed by atoms with E-state index < -0.39 is 108 Å². The summed E-state index contributed by atoms with van der Waals surface area (Å²) in [5.74, 6) is -4.98. The Morgan fingerprint density at radius 3 is 2.04 bits per heavy atom. The molecule has 0 spiro atoms. The number of methoxy groups -OCH3 is 1.